The molecule has 0 aliphatic heterocycles. The van der Waals surface area contributed by atoms with Crippen LogP contribution in [0.3, 0.4) is 0 Å². The quantitative estimate of drug-likeness (QED) is 0.169. The minimum atomic E-state index is 0.685. The minimum Gasteiger partial charge on any atom is -0.255 e. The highest BCUT2D eigenvalue weighted by Crippen LogP contribution is 2.43. The average molecular weight is 670 g/mol. The summed E-state index contributed by atoms with van der Waals surface area (Å²) in [5.74, 6) is 0.685. The molecule has 0 unspecified atom stereocenters. The van der Waals surface area contributed by atoms with Crippen molar-refractivity contribution in [1.82, 2.24) is 15.0 Å². The maximum Gasteiger partial charge on any atom is 0.160 e. The Bertz CT molecular complexity index is 2720. The summed E-state index contributed by atoms with van der Waals surface area (Å²) in [4.78, 5) is 15.2. The lowest BCUT2D eigenvalue weighted by Crippen LogP contribution is -1.97. The maximum atomic E-state index is 5.24. The van der Waals surface area contributed by atoms with E-state index in [1.54, 1.807) is 11.3 Å². The Labute approximate surface area is 300 Å². The molecule has 3 heterocycles. The first-order valence-electron chi connectivity index (χ1n) is 16.9. The van der Waals surface area contributed by atoms with Gasteiger partial charge in [-0.2, -0.15) is 0 Å². The van der Waals surface area contributed by atoms with E-state index in [9.17, 15) is 0 Å². The fourth-order valence-electron chi connectivity index (χ4n) is 7.04. The molecule has 3 nitrogen and oxygen atoms in total. The Morgan fingerprint density at radius 3 is 1.82 bits per heavy atom. The summed E-state index contributed by atoms with van der Waals surface area (Å²) in [6, 6.07) is 50.9. The van der Waals surface area contributed by atoms with Gasteiger partial charge in [-0.05, 0) is 81.1 Å². The minimum absolute atomic E-state index is 0.685. The molecule has 0 amide bonds. The molecule has 0 bridgehead atoms. The van der Waals surface area contributed by atoms with E-state index in [1.165, 1.54) is 10.1 Å². The number of aromatic nitrogens is 3. The van der Waals surface area contributed by atoms with E-state index in [0.29, 0.717) is 5.82 Å². The van der Waals surface area contributed by atoms with Crippen molar-refractivity contribution in [2.45, 2.75) is 0 Å². The number of pyridine rings is 1. The molecule has 240 valence electrons. The highest BCUT2D eigenvalue weighted by Gasteiger charge is 2.18. The van der Waals surface area contributed by atoms with Crippen molar-refractivity contribution < 1.29 is 0 Å². The first-order valence-corrected chi connectivity index (χ1v) is 17.7. The van der Waals surface area contributed by atoms with Crippen LogP contribution in [0.5, 0.6) is 0 Å². The molecule has 6 aromatic carbocycles. The predicted molar refractivity (Wildman–Crippen MR) is 218 cm³/mol. The smallest absolute Gasteiger partial charge is 0.160 e. The van der Waals surface area contributed by atoms with Crippen LogP contribution in [0.1, 0.15) is 11.1 Å². The maximum absolute atomic E-state index is 5.24. The fourth-order valence-corrected chi connectivity index (χ4v) is 8.24. The Balaban J connectivity index is 1.36. The average Bonchev–Trinajstić information content (AvgIpc) is 3.59. The first-order chi connectivity index (χ1) is 25.2. The van der Waals surface area contributed by atoms with Gasteiger partial charge in [-0.1, -0.05) is 128 Å². The molecule has 0 fully saturated rings. The Kier molecular flexibility index (Phi) is 7.64. The van der Waals surface area contributed by atoms with Crippen LogP contribution in [-0.4, -0.2) is 15.0 Å². The number of hydrogen-bond acceptors (Lipinski definition) is 4. The highest BCUT2D eigenvalue weighted by molar-refractivity contribution is 7.26. The summed E-state index contributed by atoms with van der Waals surface area (Å²) >= 11 is 1.79. The zero-order valence-corrected chi connectivity index (χ0v) is 28.6. The van der Waals surface area contributed by atoms with Crippen molar-refractivity contribution in [1.29, 1.82) is 0 Å². The third-order valence-electron chi connectivity index (χ3n) is 9.48. The number of rotatable bonds is 7. The number of fused-ring (bicyclic) bond motifs is 4. The predicted octanol–water partition coefficient (Wildman–Crippen LogP) is 13.0. The van der Waals surface area contributed by atoms with E-state index in [-0.39, 0.29) is 0 Å². The molecule has 0 radical (unpaired) electrons. The van der Waals surface area contributed by atoms with Crippen LogP contribution >= 0.6 is 11.3 Å². The van der Waals surface area contributed by atoms with Gasteiger partial charge in [0.25, 0.3) is 0 Å². The molecule has 0 spiro atoms. The Morgan fingerprint density at radius 2 is 1.10 bits per heavy atom. The van der Waals surface area contributed by atoms with Gasteiger partial charge in [-0.25, -0.2) is 9.97 Å². The summed E-state index contributed by atoms with van der Waals surface area (Å²) in [6.07, 6.45) is 5.78. The topological polar surface area (TPSA) is 38.7 Å². The molecule has 9 rings (SSSR count). The van der Waals surface area contributed by atoms with Gasteiger partial charge in [0.05, 0.1) is 21.6 Å². The molecule has 3 aromatic heterocycles. The van der Waals surface area contributed by atoms with Gasteiger partial charge in [0.2, 0.25) is 0 Å². The molecular formula is C47H31N3S. The van der Waals surface area contributed by atoms with Gasteiger partial charge in [-0.15, -0.1) is 11.3 Å². The zero-order chi connectivity index (χ0) is 34.3. The van der Waals surface area contributed by atoms with E-state index >= 15 is 0 Å². The van der Waals surface area contributed by atoms with E-state index in [2.05, 4.69) is 122 Å². The summed E-state index contributed by atoms with van der Waals surface area (Å²) in [7, 11) is 0. The summed E-state index contributed by atoms with van der Waals surface area (Å²) < 4.78 is 2.39. The number of hydrogen-bond donors (Lipinski definition) is 0. The second kappa shape index (κ2) is 12.8. The third-order valence-corrected chi connectivity index (χ3v) is 10.7. The van der Waals surface area contributed by atoms with Gasteiger partial charge in [0.15, 0.2) is 5.82 Å². The fraction of sp³-hybridized carbons (Fsp3) is 0. The van der Waals surface area contributed by atoms with Crippen molar-refractivity contribution in [3.63, 3.8) is 0 Å². The van der Waals surface area contributed by atoms with Crippen LogP contribution in [0.25, 0.3) is 99.4 Å². The lowest BCUT2D eigenvalue weighted by Gasteiger charge is -2.16. The summed E-state index contributed by atoms with van der Waals surface area (Å²) in [5, 5.41) is 3.47. The summed E-state index contributed by atoms with van der Waals surface area (Å²) in [6.45, 7) is 8.32. The third kappa shape index (κ3) is 5.43. The monoisotopic (exact) mass is 669 g/mol. The molecule has 0 atom stereocenters. The van der Waals surface area contributed by atoms with Crippen molar-refractivity contribution in [2.75, 3.05) is 0 Å². The van der Waals surface area contributed by atoms with Gasteiger partial charge < -0.3 is 0 Å². The molecule has 4 heteroatoms. The molecule has 0 aliphatic carbocycles. The Hall–Kier alpha value is -6.49. The van der Waals surface area contributed by atoms with Crippen LogP contribution in [0, 0.1) is 0 Å². The lowest BCUT2D eigenvalue weighted by atomic mass is 9.88. The highest BCUT2D eigenvalue weighted by atomic mass is 32.1. The van der Waals surface area contributed by atoms with Crippen molar-refractivity contribution in [2.24, 2.45) is 0 Å². The van der Waals surface area contributed by atoms with Crippen LogP contribution < -0.4 is 0 Å². The second-order valence-corrected chi connectivity index (χ2v) is 13.6. The standard InChI is InChI=1S/C47H31N3S/c1-3-30-28-41(39-20-12-11-19-38(39)36(30)4-2)34-25-33(37-23-24-48-45-40-21-13-14-22-44(40)51-46(37)45)26-35(27-34)43-29-42(31-15-7-5-8-16-31)49-47(50-43)32-17-9-6-10-18-32/h3-29H,1-2H2. The van der Waals surface area contributed by atoms with Crippen molar-refractivity contribution in [3.05, 3.63) is 176 Å². The summed E-state index contributed by atoms with van der Waals surface area (Å²) in [5.41, 5.74) is 12.3. The van der Waals surface area contributed by atoms with Gasteiger partial charge in [0, 0.05) is 38.5 Å². The molecular weight excluding hydrogens is 639 g/mol. The van der Waals surface area contributed by atoms with Crippen LogP contribution in [-0.2, 0) is 0 Å². The van der Waals surface area contributed by atoms with Gasteiger partial charge in [-0.3, -0.25) is 4.98 Å². The van der Waals surface area contributed by atoms with Crippen LogP contribution in [0.4, 0.5) is 0 Å². The van der Waals surface area contributed by atoms with E-state index < -0.39 is 0 Å². The normalized spacial score (nSPS) is 11.3. The molecule has 51 heavy (non-hydrogen) atoms. The molecule has 0 aliphatic rings. The van der Waals surface area contributed by atoms with E-state index in [0.717, 1.165) is 82.4 Å². The SMILES string of the molecule is C=Cc1cc(-c2cc(-c3cc(-c4ccccc4)nc(-c4ccccc4)n3)cc(-c3ccnc4c3sc3ccccc34)c2)c2ccccc2c1C=C. The number of thiophene rings is 1. The number of benzene rings is 6. The second-order valence-electron chi connectivity index (χ2n) is 12.5. The van der Waals surface area contributed by atoms with Crippen molar-refractivity contribution in [3.8, 4) is 56.2 Å². The Morgan fingerprint density at radius 1 is 0.490 bits per heavy atom. The molecule has 0 saturated heterocycles. The molecule has 9 aromatic rings. The lowest BCUT2D eigenvalue weighted by molar-refractivity contribution is 1.18. The van der Waals surface area contributed by atoms with E-state index in [1.807, 2.05) is 54.7 Å². The molecule has 0 N–H and O–H groups in total. The van der Waals surface area contributed by atoms with Crippen LogP contribution in [0.15, 0.2) is 165 Å². The van der Waals surface area contributed by atoms with Gasteiger partial charge >= 0.3 is 0 Å². The first kappa shape index (κ1) is 30.6. The van der Waals surface area contributed by atoms with Crippen LogP contribution in [0.2, 0.25) is 0 Å². The number of nitrogens with zero attached hydrogens (tertiary/aromatic N) is 3. The largest absolute Gasteiger partial charge is 0.255 e. The zero-order valence-electron chi connectivity index (χ0n) is 27.8. The van der Waals surface area contributed by atoms with E-state index in [4.69, 9.17) is 15.0 Å². The molecule has 0 saturated carbocycles. The van der Waals surface area contributed by atoms with Crippen molar-refractivity contribution >= 4 is 54.6 Å². The van der Waals surface area contributed by atoms with Gasteiger partial charge in [0.1, 0.15) is 0 Å².